The van der Waals surface area contributed by atoms with Crippen LogP contribution in [-0.2, 0) is 4.43 Å². The van der Waals surface area contributed by atoms with Crippen LogP contribution in [0.3, 0.4) is 0 Å². The summed E-state index contributed by atoms with van der Waals surface area (Å²) in [4.78, 5) is 0. The average molecular weight is 294 g/mol. The molecule has 0 aliphatic heterocycles. The van der Waals surface area contributed by atoms with Gasteiger partial charge < -0.3 is 9.74 Å². The molecule has 1 unspecified atom stereocenters. The second-order valence-electron chi connectivity index (χ2n) is 7.06. The maximum atomic E-state index is 6.30. The third-order valence-electron chi connectivity index (χ3n) is 4.46. The van der Waals surface area contributed by atoms with Crippen molar-refractivity contribution in [2.24, 2.45) is 0 Å². The summed E-state index contributed by atoms with van der Waals surface area (Å²) in [5.41, 5.74) is 1.40. The zero-order chi connectivity index (χ0) is 15.2. The lowest BCUT2D eigenvalue weighted by atomic mass is 9.96. The maximum absolute atomic E-state index is 6.30. The fourth-order valence-electron chi connectivity index (χ4n) is 2.03. The summed E-state index contributed by atoms with van der Waals surface area (Å²) in [5, 5.41) is 3.59. The molecule has 1 atom stereocenters. The van der Waals surface area contributed by atoms with Crippen LogP contribution in [0.25, 0.3) is 0 Å². The van der Waals surface area contributed by atoms with E-state index in [4.69, 9.17) is 4.43 Å². The number of rotatable bonds is 7. The van der Waals surface area contributed by atoms with Crippen LogP contribution in [0.1, 0.15) is 38.7 Å². The molecule has 0 bridgehead atoms. The van der Waals surface area contributed by atoms with Crippen LogP contribution >= 0.6 is 0 Å². The molecule has 0 spiro atoms. The van der Waals surface area contributed by atoms with Crippen LogP contribution in [0.4, 0.5) is 0 Å². The number of hydrogen-bond donors (Lipinski definition) is 1. The Labute approximate surface area is 126 Å². The van der Waals surface area contributed by atoms with Gasteiger partial charge in [-0.2, -0.15) is 0 Å². The molecule has 0 heterocycles. The van der Waals surface area contributed by atoms with Crippen LogP contribution in [0.5, 0.6) is 0 Å². The van der Waals surface area contributed by atoms with Crippen LogP contribution in [0.15, 0.2) is 30.3 Å². The third kappa shape index (κ3) is 5.04. The van der Waals surface area contributed by atoms with Crippen molar-refractivity contribution in [3.63, 3.8) is 0 Å². The lowest BCUT2D eigenvalue weighted by molar-refractivity contribution is 0.270. The molecule has 1 aromatic rings. The van der Waals surface area contributed by atoms with E-state index in [9.17, 15) is 0 Å². The number of likely N-dealkylation sites (N-methyl/N-ethyl adjacent to an activating group) is 1. The predicted octanol–water partition coefficient (Wildman–Crippen LogP) is 4.40. The molecule has 0 radical (unpaired) electrons. The lowest BCUT2D eigenvalue weighted by Crippen LogP contribution is -2.41. The first kappa shape index (κ1) is 17.4. The molecule has 3 heteroatoms. The Balaban J connectivity index is 2.57. The van der Waals surface area contributed by atoms with Gasteiger partial charge in [0.05, 0.1) is 0 Å². The highest BCUT2D eigenvalue weighted by atomic mass is 28.4. The van der Waals surface area contributed by atoms with Gasteiger partial charge in [-0.1, -0.05) is 51.1 Å². The molecular formula is C17H31NOSi. The van der Waals surface area contributed by atoms with Crippen LogP contribution in [0.2, 0.25) is 18.1 Å². The van der Waals surface area contributed by atoms with Crippen molar-refractivity contribution in [2.75, 3.05) is 20.2 Å². The molecule has 1 aromatic carbocycles. The summed E-state index contributed by atoms with van der Waals surface area (Å²) < 4.78 is 6.30. The first-order chi connectivity index (χ1) is 9.28. The quantitative estimate of drug-likeness (QED) is 0.752. The molecule has 2 nitrogen and oxygen atoms in total. The predicted molar refractivity (Wildman–Crippen MR) is 90.9 cm³/mol. The standard InChI is InChI=1S/C17H31NOSi/c1-17(2,3)20(5,6)19-13-12-16(14-18-4)15-10-8-7-9-11-15/h7-11,16,18H,12-14H2,1-6H3. The Bertz CT molecular complexity index is 384. The molecule has 20 heavy (non-hydrogen) atoms. The van der Waals surface area contributed by atoms with E-state index < -0.39 is 8.32 Å². The first-order valence-electron chi connectivity index (χ1n) is 7.61. The van der Waals surface area contributed by atoms with E-state index in [-0.39, 0.29) is 5.04 Å². The topological polar surface area (TPSA) is 21.3 Å². The van der Waals surface area contributed by atoms with Crippen molar-refractivity contribution in [2.45, 2.75) is 51.2 Å². The van der Waals surface area contributed by atoms with Gasteiger partial charge in [0.1, 0.15) is 0 Å². The van der Waals surface area contributed by atoms with Gasteiger partial charge in [0.2, 0.25) is 0 Å². The Kier molecular flexibility index (Phi) is 6.43. The van der Waals surface area contributed by atoms with Crippen LogP contribution in [0, 0.1) is 0 Å². The molecule has 0 aliphatic carbocycles. The Morgan fingerprint density at radius 2 is 1.75 bits per heavy atom. The van der Waals surface area contributed by atoms with Gasteiger partial charge in [-0.3, -0.25) is 0 Å². The molecule has 114 valence electrons. The summed E-state index contributed by atoms with van der Waals surface area (Å²) in [6.07, 6.45) is 1.08. The van der Waals surface area contributed by atoms with E-state index in [1.54, 1.807) is 0 Å². The number of nitrogens with one attached hydrogen (secondary N) is 1. The van der Waals surface area contributed by atoms with Crippen molar-refractivity contribution in [1.29, 1.82) is 0 Å². The number of benzene rings is 1. The van der Waals surface area contributed by atoms with E-state index in [1.165, 1.54) is 5.56 Å². The van der Waals surface area contributed by atoms with E-state index in [0.717, 1.165) is 19.6 Å². The minimum Gasteiger partial charge on any atom is -0.417 e. The Morgan fingerprint density at radius 1 is 1.15 bits per heavy atom. The molecule has 0 aromatic heterocycles. The van der Waals surface area contributed by atoms with Gasteiger partial charge >= 0.3 is 0 Å². The number of hydrogen-bond acceptors (Lipinski definition) is 2. The average Bonchev–Trinajstić information content (AvgIpc) is 2.37. The van der Waals surface area contributed by atoms with E-state index in [2.05, 4.69) is 69.5 Å². The largest absolute Gasteiger partial charge is 0.417 e. The maximum Gasteiger partial charge on any atom is 0.191 e. The molecule has 0 aliphatic rings. The van der Waals surface area contributed by atoms with Crippen LogP contribution in [-0.4, -0.2) is 28.5 Å². The van der Waals surface area contributed by atoms with E-state index in [0.29, 0.717) is 5.92 Å². The van der Waals surface area contributed by atoms with Crippen molar-refractivity contribution in [1.82, 2.24) is 5.32 Å². The van der Waals surface area contributed by atoms with Crippen molar-refractivity contribution < 1.29 is 4.43 Å². The third-order valence-corrected chi connectivity index (χ3v) is 9.00. The highest BCUT2D eigenvalue weighted by Gasteiger charge is 2.37. The van der Waals surface area contributed by atoms with E-state index in [1.807, 2.05) is 7.05 Å². The second kappa shape index (κ2) is 7.39. The highest BCUT2D eigenvalue weighted by molar-refractivity contribution is 6.74. The van der Waals surface area contributed by atoms with E-state index >= 15 is 0 Å². The molecule has 0 amide bonds. The fraction of sp³-hybridized carbons (Fsp3) is 0.647. The summed E-state index contributed by atoms with van der Waals surface area (Å²) in [6, 6.07) is 10.7. The summed E-state index contributed by atoms with van der Waals surface area (Å²) in [7, 11) is 0.402. The first-order valence-corrected chi connectivity index (χ1v) is 10.5. The van der Waals surface area contributed by atoms with Gasteiger partial charge in [0, 0.05) is 13.2 Å². The van der Waals surface area contributed by atoms with Crippen molar-refractivity contribution in [3.8, 4) is 0 Å². The Hall–Kier alpha value is -0.643. The minimum atomic E-state index is -1.62. The summed E-state index contributed by atoms with van der Waals surface area (Å²) in [5.74, 6) is 0.533. The lowest BCUT2D eigenvalue weighted by Gasteiger charge is -2.36. The molecular weight excluding hydrogens is 262 g/mol. The Morgan fingerprint density at radius 3 is 2.25 bits per heavy atom. The monoisotopic (exact) mass is 293 g/mol. The smallest absolute Gasteiger partial charge is 0.191 e. The molecule has 0 saturated heterocycles. The summed E-state index contributed by atoms with van der Waals surface area (Å²) in [6.45, 7) is 13.4. The van der Waals surface area contributed by atoms with Crippen molar-refractivity contribution in [3.05, 3.63) is 35.9 Å². The fourth-order valence-corrected chi connectivity index (χ4v) is 3.09. The van der Waals surface area contributed by atoms with Gasteiger partial charge in [-0.15, -0.1) is 0 Å². The van der Waals surface area contributed by atoms with Gasteiger partial charge in [-0.05, 0) is 43.1 Å². The zero-order valence-electron chi connectivity index (χ0n) is 14.0. The summed E-state index contributed by atoms with van der Waals surface area (Å²) >= 11 is 0. The highest BCUT2D eigenvalue weighted by Crippen LogP contribution is 2.36. The zero-order valence-corrected chi connectivity index (χ0v) is 15.0. The molecule has 0 fully saturated rings. The second-order valence-corrected chi connectivity index (χ2v) is 11.9. The normalized spacial score (nSPS) is 14.3. The van der Waals surface area contributed by atoms with Gasteiger partial charge in [0.25, 0.3) is 0 Å². The minimum absolute atomic E-state index is 0.290. The van der Waals surface area contributed by atoms with Gasteiger partial charge in [-0.25, -0.2) is 0 Å². The molecule has 1 N–H and O–H groups in total. The molecule has 1 rings (SSSR count). The SMILES string of the molecule is CNCC(CCO[Si](C)(C)C(C)(C)C)c1ccccc1. The van der Waals surface area contributed by atoms with Gasteiger partial charge in [0.15, 0.2) is 8.32 Å². The molecule has 0 saturated carbocycles. The van der Waals surface area contributed by atoms with Crippen molar-refractivity contribution >= 4 is 8.32 Å². The van der Waals surface area contributed by atoms with Crippen LogP contribution < -0.4 is 5.32 Å².